The zero-order valence-electron chi connectivity index (χ0n) is 12.2. The highest BCUT2D eigenvalue weighted by atomic mass is 16.5. The van der Waals surface area contributed by atoms with Crippen LogP contribution in [0.2, 0.25) is 0 Å². The number of aryl methyl sites for hydroxylation is 1. The molecular formula is C16H23NO3. The van der Waals surface area contributed by atoms with Crippen molar-refractivity contribution in [2.24, 2.45) is 0 Å². The Morgan fingerprint density at radius 1 is 1.45 bits per heavy atom. The fourth-order valence-electron chi connectivity index (χ4n) is 2.38. The predicted octanol–water partition coefficient (Wildman–Crippen LogP) is 2.37. The summed E-state index contributed by atoms with van der Waals surface area (Å²) in [6, 6.07) is 7.54. The molecule has 1 aromatic carbocycles. The first-order valence-corrected chi connectivity index (χ1v) is 7.29. The standard InChI is InChI=1S/C16H23NO3/c1-3-19-16(18)15(13-8-6-12(2)7-9-13)17-11-14-5-4-10-20-14/h6-9,14-15,17H,3-5,10-11H2,1-2H3. The third-order valence-corrected chi connectivity index (χ3v) is 3.51. The summed E-state index contributed by atoms with van der Waals surface area (Å²) in [5.41, 5.74) is 2.11. The second kappa shape index (κ2) is 7.41. The molecule has 4 nitrogen and oxygen atoms in total. The Morgan fingerprint density at radius 2 is 2.20 bits per heavy atom. The fraction of sp³-hybridized carbons (Fsp3) is 0.562. The van der Waals surface area contributed by atoms with Gasteiger partial charge < -0.3 is 9.47 Å². The monoisotopic (exact) mass is 277 g/mol. The maximum Gasteiger partial charge on any atom is 0.327 e. The summed E-state index contributed by atoms with van der Waals surface area (Å²) in [5.74, 6) is -0.227. The maximum absolute atomic E-state index is 12.1. The van der Waals surface area contributed by atoms with Crippen molar-refractivity contribution in [2.45, 2.75) is 38.8 Å². The van der Waals surface area contributed by atoms with Crippen LogP contribution >= 0.6 is 0 Å². The number of carbonyl (C=O) groups is 1. The van der Waals surface area contributed by atoms with E-state index in [4.69, 9.17) is 9.47 Å². The van der Waals surface area contributed by atoms with Gasteiger partial charge in [0.1, 0.15) is 6.04 Å². The molecule has 110 valence electrons. The largest absolute Gasteiger partial charge is 0.465 e. The van der Waals surface area contributed by atoms with Crippen LogP contribution in [-0.2, 0) is 14.3 Å². The second-order valence-electron chi connectivity index (χ2n) is 5.14. The van der Waals surface area contributed by atoms with Gasteiger partial charge in [-0.1, -0.05) is 29.8 Å². The van der Waals surface area contributed by atoms with Crippen molar-refractivity contribution >= 4 is 5.97 Å². The van der Waals surface area contributed by atoms with Gasteiger partial charge in [0.15, 0.2) is 0 Å². The fourth-order valence-corrected chi connectivity index (χ4v) is 2.38. The number of carbonyl (C=O) groups excluding carboxylic acids is 1. The summed E-state index contributed by atoms with van der Waals surface area (Å²) in [6.45, 7) is 5.74. The molecule has 0 saturated carbocycles. The first-order valence-electron chi connectivity index (χ1n) is 7.29. The van der Waals surface area contributed by atoms with Crippen LogP contribution in [0.3, 0.4) is 0 Å². The molecule has 1 aliphatic rings. The van der Waals surface area contributed by atoms with E-state index in [9.17, 15) is 4.79 Å². The van der Waals surface area contributed by atoms with Crippen molar-refractivity contribution < 1.29 is 14.3 Å². The summed E-state index contributed by atoms with van der Waals surface area (Å²) < 4.78 is 10.7. The van der Waals surface area contributed by atoms with Crippen molar-refractivity contribution in [3.63, 3.8) is 0 Å². The van der Waals surface area contributed by atoms with Crippen molar-refractivity contribution in [3.8, 4) is 0 Å². The third kappa shape index (κ3) is 4.05. The summed E-state index contributed by atoms with van der Waals surface area (Å²) in [5, 5.41) is 3.28. The van der Waals surface area contributed by atoms with Gasteiger partial charge >= 0.3 is 5.97 Å². The highest BCUT2D eigenvalue weighted by molar-refractivity contribution is 5.77. The van der Waals surface area contributed by atoms with E-state index >= 15 is 0 Å². The molecule has 0 spiro atoms. The molecule has 4 heteroatoms. The van der Waals surface area contributed by atoms with Gasteiger partial charge in [0, 0.05) is 13.2 Å². The quantitative estimate of drug-likeness (QED) is 0.811. The average molecular weight is 277 g/mol. The number of benzene rings is 1. The van der Waals surface area contributed by atoms with Crippen LogP contribution in [0, 0.1) is 6.92 Å². The second-order valence-corrected chi connectivity index (χ2v) is 5.14. The summed E-state index contributed by atoms with van der Waals surface area (Å²) >= 11 is 0. The molecule has 1 N–H and O–H groups in total. The number of nitrogens with one attached hydrogen (secondary N) is 1. The molecule has 1 aliphatic heterocycles. The molecule has 1 aromatic rings. The molecule has 2 unspecified atom stereocenters. The minimum Gasteiger partial charge on any atom is -0.465 e. The third-order valence-electron chi connectivity index (χ3n) is 3.51. The van der Waals surface area contributed by atoms with Gasteiger partial charge in [-0.2, -0.15) is 0 Å². The maximum atomic E-state index is 12.1. The molecule has 0 bridgehead atoms. The lowest BCUT2D eigenvalue weighted by Crippen LogP contribution is -2.35. The van der Waals surface area contributed by atoms with Gasteiger partial charge in [-0.15, -0.1) is 0 Å². The van der Waals surface area contributed by atoms with E-state index in [-0.39, 0.29) is 12.1 Å². The minimum absolute atomic E-state index is 0.206. The SMILES string of the molecule is CCOC(=O)C(NCC1CCCO1)c1ccc(C)cc1. The molecule has 0 aromatic heterocycles. The number of hydrogen-bond donors (Lipinski definition) is 1. The molecule has 20 heavy (non-hydrogen) atoms. The van der Waals surface area contributed by atoms with E-state index in [1.165, 1.54) is 5.56 Å². The molecule has 1 saturated heterocycles. The molecule has 0 amide bonds. The first-order chi connectivity index (χ1) is 9.70. The van der Waals surface area contributed by atoms with Gasteiger partial charge in [-0.05, 0) is 32.3 Å². The molecule has 1 heterocycles. The van der Waals surface area contributed by atoms with Crippen molar-refractivity contribution in [1.82, 2.24) is 5.32 Å². The Morgan fingerprint density at radius 3 is 2.80 bits per heavy atom. The summed E-state index contributed by atoms with van der Waals surface area (Å²) in [6.07, 6.45) is 2.36. The van der Waals surface area contributed by atoms with E-state index in [1.54, 1.807) is 0 Å². The van der Waals surface area contributed by atoms with Gasteiger partial charge in [0.2, 0.25) is 0 Å². The lowest BCUT2D eigenvalue weighted by Gasteiger charge is -2.20. The van der Waals surface area contributed by atoms with Crippen molar-refractivity contribution in [3.05, 3.63) is 35.4 Å². The number of esters is 1. The van der Waals surface area contributed by atoms with Crippen LogP contribution in [0.25, 0.3) is 0 Å². The van der Waals surface area contributed by atoms with Crippen molar-refractivity contribution in [2.75, 3.05) is 19.8 Å². The molecule has 0 radical (unpaired) electrons. The Balaban J connectivity index is 2.03. The van der Waals surface area contributed by atoms with Crippen LogP contribution in [0.4, 0.5) is 0 Å². The van der Waals surface area contributed by atoms with Crippen LogP contribution < -0.4 is 5.32 Å². The molecule has 2 atom stereocenters. The van der Waals surface area contributed by atoms with E-state index in [0.717, 1.165) is 25.0 Å². The Kier molecular flexibility index (Phi) is 5.56. The van der Waals surface area contributed by atoms with E-state index in [0.29, 0.717) is 13.2 Å². The summed E-state index contributed by atoms with van der Waals surface area (Å²) in [7, 11) is 0. The predicted molar refractivity (Wildman–Crippen MR) is 77.5 cm³/mol. The normalized spacial score (nSPS) is 19.8. The average Bonchev–Trinajstić information content (AvgIpc) is 2.94. The Hall–Kier alpha value is -1.39. The Bertz CT molecular complexity index is 424. The zero-order chi connectivity index (χ0) is 14.4. The first kappa shape index (κ1) is 15.0. The van der Waals surface area contributed by atoms with Crippen LogP contribution in [-0.4, -0.2) is 31.8 Å². The zero-order valence-corrected chi connectivity index (χ0v) is 12.2. The van der Waals surface area contributed by atoms with Crippen LogP contribution in [0.5, 0.6) is 0 Å². The highest BCUT2D eigenvalue weighted by Gasteiger charge is 2.24. The molecule has 2 rings (SSSR count). The lowest BCUT2D eigenvalue weighted by molar-refractivity contribution is -0.146. The van der Waals surface area contributed by atoms with E-state index in [2.05, 4.69) is 5.32 Å². The van der Waals surface area contributed by atoms with Gasteiger partial charge in [-0.3, -0.25) is 5.32 Å². The van der Waals surface area contributed by atoms with Gasteiger partial charge in [0.25, 0.3) is 0 Å². The van der Waals surface area contributed by atoms with Crippen molar-refractivity contribution in [1.29, 1.82) is 0 Å². The Labute approximate surface area is 120 Å². The number of rotatable bonds is 6. The molecule has 0 aliphatic carbocycles. The number of hydrogen-bond acceptors (Lipinski definition) is 4. The van der Waals surface area contributed by atoms with Gasteiger partial charge in [-0.25, -0.2) is 4.79 Å². The van der Waals surface area contributed by atoms with E-state index in [1.807, 2.05) is 38.1 Å². The smallest absolute Gasteiger partial charge is 0.327 e. The molecule has 1 fully saturated rings. The highest BCUT2D eigenvalue weighted by Crippen LogP contribution is 2.18. The molecular weight excluding hydrogens is 254 g/mol. The van der Waals surface area contributed by atoms with E-state index < -0.39 is 6.04 Å². The van der Waals surface area contributed by atoms with Gasteiger partial charge in [0.05, 0.1) is 12.7 Å². The lowest BCUT2D eigenvalue weighted by atomic mass is 10.0. The topological polar surface area (TPSA) is 47.6 Å². The number of ether oxygens (including phenoxy) is 2. The van der Waals surface area contributed by atoms with Crippen LogP contribution in [0.15, 0.2) is 24.3 Å². The van der Waals surface area contributed by atoms with Crippen LogP contribution in [0.1, 0.15) is 36.9 Å². The minimum atomic E-state index is -0.417. The summed E-state index contributed by atoms with van der Waals surface area (Å²) in [4.78, 5) is 12.1.